The van der Waals surface area contributed by atoms with Crippen LogP contribution in [0.3, 0.4) is 0 Å². The summed E-state index contributed by atoms with van der Waals surface area (Å²) in [7, 11) is 1.71. The quantitative estimate of drug-likeness (QED) is 0.657. The van der Waals surface area contributed by atoms with E-state index in [0.717, 1.165) is 24.3 Å². The van der Waals surface area contributed by atoms with Crippen LogP contribution in [0.25, 0.3) is 0 Å². The molecule has 0 aliphatic heterocycles. The maximum Gasteiger partial charge on any atom is 0.191 e. The summed E-state index contributed by atoms with van der Waals surface area (Å²) >= 11 is 0. The highest BCUT2D eigenvalue weighted by atomic mass is 19.1. The molecule has 0 spiro atoms. The number of nitrogens with one attached hydrogen (secondary N) is 2. The number of halogens is 1. The number of guanidine groups is 1. The Labute approximate surface area is 124 Å². The van der Waals surface area contributed by atoms with Crippen LogP contribution in [-0.2, 0) is 13.0 Å². The molecule has 0 radical (unpaired) electrons. The summed E-state index contributed by atoms with van der Waals surface area (Å²) in [4.78, 5) is 4.13. The first-order chi connectivity index (χ1) is 10.2. The third kappa shape index (κ3) is 4.63. The Morgan fingerprint density at radius 2 is 2.14 bits per heavy atom. The van der Waals surface area contributed by atoms with Gasteiger partial charge in [-0.1, -0.05) is 12.1 Å². The van der Waals surface area contributed by atoms with Crippen LogP contribution < -0.4 is 10.6 Å². The normalized spacial score (nSPS) is 11.5. The van der Waals surface area contributed by atoms with Gasteiger partial charge in [0.1, 0.15) is 11.6 Å². The topological polar surface area (TPSA) is 49.6 Å². The Hall–Kier alpha value is -2.30. The SMILES string of the molecule is CN=C(NCCc1ccco1)NCc1ccc(C)c(F)c1. The molecule has 0 aliphatic rings. The summed E-state index contributed by atoms with van der Waals surface area (Å²) in [5, 5.41) is 6.34. The largest absolute Gasteiger partial charge is 0.469 e. The van der Waals surface area contributed by atoms with Crippen molar-refractivity contribution in [3.8, 4) is 0 Å². The van der Waals surface area contributed by atoms with Gasteiger partial charge in [-0.3, -0.25) is 4.99 Å². The number of aliphatic imine (C=N–C) groups is 1. The van der Waals surface area contributed by atoms with Gasteiger partial charge in [-0.15, -0.1) is 0 Å². The molecule has 0 saturated carbocycles. The first kappa shape index (κ1) is 15.1. The first-order valence-corrected chi connectivity index (χ1v) is 6.91. The van der Waals surface area contributed by atoms with Crippen LogP contribution in [0.2, 0.25) is 0 Å². The van der Waals surface area contributed by atoms with Crippen molar-refractivity contribution in [3.05, 3.63) is 59.3 Å². The molecule has 2 rings (SSSR count). The van der Waals surface area contributed by atoms with Crippen molar-refractivity contribution in [1.82, 2.24) is 10.6 Å². The summed E-state index contributed by atoms with van der Waals surface area (Å²) in [6.07, 6.45) is 2.45. The van der Waals surface area contributed by atoms with Crippen LogP contribution in [0, 0.1) is 12.7 Å². The van der Waals surface area contributed by atoms with E-state index >= 15 is 0 Å². The fourth-order valence-electron chi connectivity index (χ4n) is 1.91. The lowest BCUT2D eigenvalue weighted by Crippen LogP contribution is -2.37. The predicted octanol–water partition coefficient (Wildman–Crippen LogP) is 2.63. The molecule has 0 atom stereocenters. The second-order valence-corrected chi connectivity index (χ2v) is 4.77. The van der Waals surface area contributed by atoms with Crippen LogP contribution in [0.15, 0.2) is 46.0 Å². The molecule has 5 heteroatoms. The van der Waals surface area contributed by atoms with E-state index in [1.807, 2.05) is 18.2 Å². The van der Waals surface area contributed by atoms with Gasteiger partial charge in [0.15, 0.2) is 5.96 Å². The van der Waals surface area contributed by atoms with E-state index in [1.165, 1.54) is 0 Å². The third-order valence-corrected chi connectivity index (χ3v) is 3.16. The Balaban J connectivity index is 1.78. The highest BCUT2D eigenvalue weighted by molar-refractivity contribution is 5.79. The van der Waals surface area contributed by atoms with Crippen molar-refractivity contribution in [1.29, 1.82) is 0 Å². The summed E-state index contributed by atoms with van der Waals surface area (Å²) in [5.41, 5.74) is 1.53. The van der Waals surface area contributed by atoms with Gasteiger partial charge in [0.25, 0.3) is 0 Å². The number of rotatable bonds is 5. The minimum atomic E-state index is -0.185. The van der Waals surface area contributed by atoms with Crippen molar-refractivity contribution >= 4 is 5.96 Å². The van der Waals surface area contributed by atoms with Crippen LogP contribution in [0.4, 0.5) is 4.39 Å². The molecule has 21 heavy (non-hydrogen) atoms. The summed E-state index contributed by atoms with van der Waals surface area (Å²) in [6, 6.07) is 9.03. The minimum Gasteiger partial charge on any atom is -0.469 e. The zero-order chi connectivity index (χ0) is 15.1. The lowest BCUT2D eigenvalue weighted by Gasteiger charge is -2.11. The van der Waals surface area contributed by atoms with E-state index in [1.54, 1.807) is 32.4 Å². The van der Waals surface area contributed by atoms with Crippen molar-refractivity contribution in [3.63, 3.8) is 0 Å². The molecule has 1 heterocycles. The molecular weight excluding hydrogens is 269 g/mol. The van der Waals surface area contributed by atoms with Gasteiger partial charge >= 0.3 is 0 Å². The lowest BCUT2D eigenvalue weighted by atomic mass is 10.1. The molecule has 2 aromatic rings. The monoisotopic (exact) mass is 289 g/mol. The fourth-order valence-corrected chi connectivity index (χ4v) is 1.91. The lowest BCUT2D eigenvalue weighted by molar-refractivity contribution is 0.507. The first-order valence-electron chi connectivity index (χ1n) is 6.91. The number of aryl methyl sites for hydroxylation is 1. The zero-order valence-corrected chi connectivity index (χ0v) is 12.3. The number of hydrogen-bond donors (Lipinski definition) is 2. The highest BCUT2D eigenvalue weighted by Crippen LogP contribution is 2.08. The van der Waals surface area contributed by atoms with Gasteiger partial charge in [0.05, 0.1) is 6.26 Å². The molecule has 0 aliphatic carbocycles. The molecule has 0 unspecified atom stereocenters. The van der Waals surface area contributed by atoms with E-state index in [2.05, 4.69) is 15.6 Å². The summed E-state index contributed by atoms with van der Waals surface area (Å²) < 4.78 is 18.7. The predicted molar refractivity (Wildman–Crippen MR) is 81.8 cm³/mol. The number of nitrogens with zero attached hydrogens (tertiary/aromatic N) is 1. The van der Waals surface area contributed by atoms with Gasteiger partial charge in [-0.25, -0.2) is 4.39 Å². The Kier molecular flexibility index (Phi) is 5.37. The molecule has 112 valence electrons. The average Bonchev–Trinajstić information content (AvgIpc) is 2.99. The van der Waals surface area contributed by atoms with Gasteiger partial charge < -0.3 is 15.1 Å². The van der Waals surface area contributed by atoms with Crippen molar-refractivity contribution in [2.75, 3.05) is 13.6 Å². The Bertz CT molecular complexity index is 594. The van der Waals surface area contributed by atoms with E-state index in [9.17, 15) is 4.39 Å². The van der Waals surface area contributed by atoms with Crippen LogP contribution in [0.1, 0.15) is 16.9 Å². The number of furan rings is 1. The molecule has 1 aromatic carbocycles. The molecule has 1 aromatic heterocycles. The molecule has 0 fully saturated rings. The van der Waals surface area contributed by atoms with Crippen LogP contribution in [0.5, 0.6) is 0 Å². The molecule has 2 N–H and O–H groups in total. The van der Waals surface area contributed by atoms with Crippen LogP contribution >= 0.6 is 0 Å². The molecule has 0 saturated heterocycles. The number of benzene rings is 1. The van der Waals surface area contributed by atoms with Crippen molar-refractivity contribution < 1.29 is 8.81 Å². The Morgan fingerprint density at radius 1 is 1.29 bits per heavy atom. The number of hydrogen-bond acceptors (Lipinski definition) is 2. The maximum atomic E-state index is 13.5. The van der Waals surface area contributed by atoms with E-state index < -0.39 is 0 Å². The van der Waals surface area contributed by atoms with E-state index in [0.29, 0.717) is 18.1 Å². The van der Waals surface area contributed by atoms with E-state index in [4.69, 9.17) is 4.42 Å². The molecule has 0 bridgehead atoms. The van der Waals surface area contributed by atoms with Crippen molar-refractivity contribution in [2.24, 2.45) is 4.99 Å². The zero-order valence-electron chi connectivity index (χ0n) is 12.3. The second kappa shape index (κ2) is 7.47. The smallest absolute Gasteiger partial charge is 0.191 e. The standard InChI is InChI=1S/C16H20FN3O/c1-12-5-6-13(10-15(12)17)11-20-16(18-2)19-8-7-14-4-3-9-21-14/h3-6,9-10H,7-8,11H2,1-2H3,(H2,18,19,20). The summed E-state index contributed by atoms with van der Waals surface area (Å²) in [5.74, 6) is 1.43. The third-order valence-electron chi connectivity index (χ3n) is 3.16. The second-order valence-electron chi connectivity index (χ2n) is 4.77. The van der Waals surface area contributed by atoms with E-state index in [-0.39, 0.29) is 5.82 Å². The van der Waals surface area contributed by atoms with Gasteiger partial charge in [0, 0.05) is 26.6 Å². The minimum absolute atomic E-state index is 0.185. The summed E-state index contributed by atoms with van der Waals surface area (Å²) in [6.45, 7) is 2.99. The van der Waals surface area contributed by atoms with Crippen molar-refractivity contribution in [2.45, 2.75) is 19.9 Å². The molecule has 4 nitrogen and oxygen atoms in total. The Morgan fingerprint density at radius 3 is 2.81 bits per heavy atom. The molecule has 0 amide bonds. The van der Waals surface area contributed by atoms with Crippen LogP contribution in [-0.4, -0.2) is 19.6 Å². The van der Waals surface area contributed by atoms with Gasteiger partial charge in [0.2, 0.25) is 0 Å². The maximum absolute atomic E-state index is 13.5. The van der Waals surface area contributed by atoms with Gasteiger partial charge in [-0.2, -0.15) is 0 Å². The highest BCUT2D eigenvalue weighted by Gasteiger charge is 2.02. The molecular formula is C16H20FN3O. The van der Waals surface area contributed by atoms with Gasteiger partial charge in [-0.05, 0) is 36.2 Å². The fraction of sp³-hybridized carbons (Fsp3) is 0.312. The average molecular weight is 289 g/mol.